The molecule has 0 unspecified atom stereocenters. The molecule has 0 amide bonds. The molecule has 0 spiro atoms. The third-order valence-electron chi connectivity index (χ3n) is 5.09. The van der Waals surface area contributed by atoms with Crippen LogP contribution in [0.4, 0.5) is 14.5 Å². The summed E-state index contributed by atoms with van der Waals surface area (Å²) in [6.45, 7) is 1.22. The molecule has 1 aliphatic rings. The van der Waals surface area contributed by atoms with Crippen molar-refractivity contribution in [1.29, 1.82) is 0 Å². The van der Waals surface area contributed by atoms with Crippen LogP contribution >= 0.6 is 0 Å². The number of pyridine rings is 1. The molecular weight excluding hydrogens is 376 g/mol. The zero-order chi connectivity index (χ0) is 20.4. The molecule has 0 saturated carbocycles. The number of carboxylic acid groups (broad SMARTS) is 1. The molecule has 4 rings (SSSR count). The third-order valence-corrected chi connectivity index (χ3v) is 5.09. The van der Waals surface area contributed by atoms with E-state index in [9.17, 15) is 18.7 Å². The molecule has 0 bridgehead atoms. The number of rotatable bonds is 5. The van der Waals surface area contributed by atoms with Gasteiger partial charge in [-0.15, -0.1) is 0 Å². The zero-order valence-electron chi connectivity index (χ0n) is 15.5. The van der Waals surface area contributed by atoms with Crippen molar-refractivity contribution in [2.45, 2.75) is 12.5 Å². The van der Waals surface area contributed by atoms with Crippen molar-refractivity contribution in [2.24, 2.45) is 0 Å². The van der Waals surface area contributed by atoms with E-state index in [1.807, 2.05) is 18.2 Å². The molecule has 3 N–H and O–H groups in total. The number of halogens is 2. The summed E-state index contributed by atoms with van der Waals surface area (Å²) in [5, 5.41) is 15.9. The predicted molar refractivity (Wildman–Crippen MR) is 106 cm³/mol. The summed E-state index contributed by atoms with van der Waals surface area (Å²) in [6.07, 6.45) is 3.72. The Hall–Kier alpha value is -3.32. The topological polar surface area (TPSA) is 74.2 Å². The maximum absolute atomic E-state index is 14.1. The molecular formula is C22H19F2N3O2. The minimum Gasteiger partial charge on any atom is -0.478 e. The van der Waals surface area contributed by atoms with Crippen LogP contribution in [-0.2, 0) is 6.42 Å². The number of aromatic carboxylic acids is 1. The highest BCUT2D eigenvalue weighted by Crippen LogP contribution is 2.30. The smallest absolute Gasteiger partial charge is 0.337 e. The number of hydrogen-bond acceptors (Lipinski definition) is 4. The summed E-state index contributed by atoms with van der Waals surface area (Å²) < 4.78 is 27.3. The first kappa shape index (κ1) is 19.0. The second-order valence-electron chi connectivity index (χ2n) is 6.90. The highest BCUT2D eigenvalue weighted by Gasteiger charge is 2.21. The van der Waals surface area contributed by atoms with Gasteiger partial charge >= 0.3 is 5.97 Å². The van der Waals surface area contributed by atoms with Gasteiger partial charge in [0.2, 0.25) is 0 Å². The minimum absolute atomic E-state index is 0.0345. The summed E-state index contributed by atoms with van der Waals surface area (Å²) in [7, 11) is 0. The number of carbonyl (C=O) groups is 1. The van der Waals surface area contributed by atoms with Crippen LogP contribution in [0, 0.1) is 11.6 Å². The van der Waals surface area contributed by atoms with Gasteiger partial charge in [0, 0.05) is 30.4 Å². The van der Waals surface area contributed by atoms with Gasteiger partial charge in [0.15, 0.2) is 0 Å². The van der Waals surface area contributed by atoms with Crippen molar-refractivity contribution in [3.05, 3.63) is 83.2 Å². The van der Waals surface area contributed by atoms with E-state index in [1.165, 1.54) is 30.6 Å². The van der Waals surface area contributed by atoms with Gasteiger partial charge in [-0.25, -0.2) is 13.6 Å². The molecule has 3 aromatic rings. The van der Waals surface area contributed by atoms with Gasteiger partial charge in [0.25, 0.3) is 0 Å². The van der Waals surface area contributed by atoms with Gasteiger partial charge in [-0.1, -0.05) is 18.2 Å². The number of carboxylic acids is 1. The van der Waals surface area contributed by atoms with E-state index in [0.717, 1.165) is 30.2 Å². The van der Waals surface area contributed by atoms with Crippen LogP contribution in [0.5, 0.6) is 0 Å². The van der Waals surface area contributed by atoms with Crippen LogP contribution in [-0.4, -0.2) is 29.1 Å². The maximum atomic E-state index is 14.1. The first-order chi connectivity index (χ1) is 14.0. The normalized spacial score (nSPS) is 15.6. The first-order valence-corrected chi connectivity index (χ1v) is 9.26. The Morgan fingerprint density at radius 2 is 2.07 bits per heavy atom. The number of anilines is 1. The first-order valence-electron chi connectivity index (χ1n) is 9.26. The average Bonchev–Trinajstić information content (AvgIpc) is 2.72. The van der Waals surface area contributed by atoms with E-state index in [-0.39, 0.29) is 11.6 Å². The summed E-state index contributed by atoms with van der Waals surface area (Å²) in [5.41, 5.74) is 3.84. The van der Waals surface area contributed by atoms with E-state index in [2.05, 4.69) is 15.6 Å². The lowest BCUT2D eigenvalue weighted by atomic mass is 9.90. The van der Waals surface area contributed by atoms with E-state index >= 15 is 0 Å². The molecule has 0 saturated heterocycles. The van der Waals surface area contributed by atoms with Crippen LogP contribution in [0.3, 0.4) is 0 Å². The number of benzene rings is 2. The SMILES string of the molecule is O=C(O)c1ccncc1NC[C@@H]1NCCc2cc(-c3ccc(F)cc3F)ccc21. The van der Waals surface area contributed by atoms with Crippen LogP contribution < -0.4 is 10.6 Å². The van der Waals surface area contributed by atoms with Gasteiger partial charge in [-0.2, -0.15) is 0 Å². The number of nitrogens with zero attached hydrogens (tertiary/aromatic N) is 1. The summed E-state index contributed by atoms with van der Waals surface area (Å²) in [6, 6.07) is 10.7. The van der Waals surface area contributed by atoms with Crippen molar-refractivity contribution in [2.75, 3.05) is 18.4 Å². The number of fused-ring (bicyclic) bond motifs is 1. The molecule has 0 radical (unpaired) electrons. The summed E-state index contributed by atoms with van der Waals surface area (Å²) in [5.74, 6) is -2.21. The fourth-order valence-electron chi connectivity index (χ4n) is 3.66. The Morgan fingerprint density at radius 3 is 2.86 bits per heavy atom. The Labute approximate surface area is 166 Å². The monoisotopic (exact) mass is 395 g/mol. The Morgan fingerprint density at radius 1 is 1.21 bits per heavy atom. The van der Waals surface area contributed by atoms with Crippen LogP contribution in [0.2, 0.25) is 0 Å². The maximum Gasteiger partial charge on any atom is 0.337 e. The number of nitrogens with one attached hydrogen (secondary N) is 2. The summed E-state index contributed by atoms with van der Waals surface area (Å²) >= 11 is 0. The van der Waals surface area contributed by atoms with E-state index in [0.29, 0.717) is 23.4 Å². The second kappa shape index (κ2) is 7.97. The third kappa shape index (κ3) is 3.95. The molecule has 0 aliphatic carbocycles. The fourth-order valence-corrected chi connectivity index (χ4v) is 3.66. The molecule has 148 valence electrons. The van der Waals surface area contributed by atoms with Crippen LogP contribution in [0.15, 0.2) is 54.9 Å². The summed E-state index contributed by atoms with van der Waals surface area (Å²) in [4.78, 5) is 15.3. The Kier molecular flexibility index (Phi) is 5.22. The molecule has 2 heterocycles. The van der Waals surface area contributed by atoms with Gasteiger partial charge in [-0.05, 0) is 47.9 Å². The molecule has 29 heavy (non-hydrogen) atoms. The second-order valence-corrected chi connectivity index (χ2v) is 6.90. The van der Waals surface area contributed by atoms with Crippen LogP contribution in [0.25, 0.3) is 11.1 Å². The highest BCUT2D eigenvalue weighted by molar-refractivity contribution is 5.93. The van der Waals surface area contributed by atoms with Gasteiger partial charge in [-0.3, -0.25) is 4.98 Å². The molecule has 1 aliphatic heterocycles. The number of hydrogen-bond donors (Lipinski definition) is 3. The van der Waals surface area contributed by atoms with Crippen molar-refractivity contribution in [1.82, 2.24) is 10.3 Å². The molecule has 5 nitrogen and oxygen atoms in total. The van der Waals surface area contributed by atoms with E-state index in [1.54, 1.807) is 0 Å². The minimum atomic E-state index is -1.02. The lowest BCUT2D eigenvalue weighted by Crippen LogP contribution is -2.34. The van der Waals surface area contributed by atoms with E-state index in [4.69, 9.17) is 0 Å². The van der Waals surface area contributed by atoms with Crippen molar-refractivity contribution >= 4 is 11.7 Å². The largest absolute Gasteiger partial charge is 0.478 e. The van der Waals surface area contributed by atoms with Gasteiger partial charge in [0.05, 0.1) is 17.4 Å². The van der Waals surface area contributed by atoms with Crippen LogP contribution in [0.1, 0.15) is 27.5 Å². The van der Waals surface area contributed by atoms with Crippen molar-refractivity contribution in [3.8, 4) is 11.1 Å². The molecule has 7 heteroatoms. The van der Waals surface area contributed by atoms with E-state index < -0.39 is 17.6 Å². The Balaban J connectivity index is 1.57. The zero-order valence-corrected chi connectivity index (χ0v) is 15.5. The average molecular weight is 395 g/mol. The standard InChI is InChI=1S/C22H19F2N3O2/c23-15-2-4-16(19(24)10-15)13-1-3-17-14(9-13)5-8-26-21(17)12-27-20-11-25-7-6-18(20)22(28)29/h1-4,6-7,9-11,21,26-27H,5,8,12H2,(H,28,29)/t21-/m0/s1. The number of aromatic nitrogens is 1. The molecule has 1 atom stereocenters. The molecule has 1 aromatic heterocycles. The van der Waals surface area contributed by atoms with Gasteiger partial charge in [0.1, 0.15) is 11.6 Å². The highest BCUT2D eigenvalue weighted by atomic mass is 19.1. The Bertz CT molecular complexity index is 1070. The fraction of sp³-hybridized carbons (Fsp3) is 0.182. The lowest BCUT2D eigenvalue weighted by molar-refractivity contribution is 0.0697. The quantitative estimate of drug-likeness (QED) is 0.608. The molecule has 0 fully saturated rings. The predicted octanol–water partition coefficient (Wildman–Crippen LogP) is 4.02. The van der Waals surface area contributed by atoms with Crippen molar-refractivity contribution < 1.29 is 18.7 Å². The van der Waals surface area contributed by atoms with Gasteiger partial charge < -0.3 is 15.7 Å². The van der Waals surface area contributed by atoms with Crippen molar-refractivity contribution in [3.63, 3.8) is 0 Å². The molecule has 2 aromatic carbocycles. The lowest BCUT2D eigenvalue weighted by Gasteiger charge is -2.28.